The van der Waals surface area contributed by atoms with Crippen molar-refractivity contribution in [1.29, 1.82) is 0 Å². The molecule has 7 heteroatoms. The van der Waals surface area contributed by atoms with Crippen molar-refractivity contribution in [3.8, 4) is 17.2 Å². The highest BCUT2D eigenvalue weighted by Gasteiger charge is 2.18. The SMILES string of the molecule is CCOc1cc(C(=O)NNC(=O)CC(C)C)cc(OCC)c1OCC. The van der Waals surface area contributed by atoms with Gasteiger partial charge in [-0.1, -0.05) is 13.8 Å². The molecule has 0 spiro atoms. The summed E-state index contributed by atoms with van der Waals surface area (Å²) in [4.78, 5) is 24.0. The molecule has 0 radical (unpaired) electrons. The van der Waals surface area contributed by atoms with Crippen LogP contribution in [0.15, 0.2) is 12.1 Å². The highest BCUT2D eigenvalue weighted by Crippen LogP contribution is 2.39. The molecule has 25 heavy (non-hydrogen) atoms. The van der Waals surface area contributed by atoms with Gasteiger partial charge >= 0.3 is 0 Å². The maximum Gasteiger partial charge on any atom is 0.269 e. The monoisotopic (exact) mass is 352 g/mol. The van der Waals surface area contributed by atoms with Crippen molar-refractivity contribution in [1.82, 2.24) is 10.9 Å². The standard InChI is InChI=1S/C18H28N2O5/c1-6-23-14-10-13(11-15(24-7-2)17(14)25-8-3)18(22)20-19-16(21)9-12(4)5/h10-12H,6-9H2,1-5H3,(H,19,21)(H,20,22). The molecule has 0 saturated carbocycles. The second kappa shape index (κ2) is 10.4. The van der Waals surface area contributed by atoms with Crippen LogP contribution in [0.5, 0.6) is 17.2 Å². The van der Waals surface area contributed by atoms with Crippen LogP contribution in [0.2, 0.25) is 0 Å². The van der Waals surface area contributed by atoms with Crippen molar-refractivity contribution >= 4 is 11.8 Å². The molecule has 0 unspecified atom stereocenters. The lowest BCUT2D eigenvalue weighted by Gasteiger charge is -2.17. The minimum atomic E-state index is -0.456. The quantitative estimate of drug-likeness (QED) is 0.668. The predicted octanol–water partition coefficient (Wildman–Crippen LogP) is 2.69. The van der Waals surface area contributed by atoms with Gasteiger partial charge in [-0.2, -0.15) is 0 Å². The van der Waals surface area contributed by atoms with Gasteiger partial charge in [-0.25, -0.2) is 0 Å². The van der Waals surface area contributed by atoms with Crippen LogP contribution in [0, 0.1) is 5.92 Å². The number of carbonyl (C=O) groups is 2. The Morgan fingerprint density at radius 1 is 0.920 bits per heavy atom. The zero-order valence-electron chi connectivity index (χ0n) is 15.6. The number of hydrogen-bond donors (Lipinski definition) is 2. The van der Waals surface area contributed by atoms with E-state index >= 15 is 0 Å². The highest BCUT2D eigenvalue weighted by molar-refractivity contribution is 5.96. The summed E-state index contributed by atoms with van der Waals surface area (Å²) in [7, 11) is 0. The molecule has 140 valence electrons. The van der Waals surface area contributed by atoms with E-state index in [2.05, 4.69) is 10.9 Å². The van der Waals surface area contributed by atoms with Crippen LogP contribution in [-0.4, -0.2) is 31.6 Å². The highest BCUT2D eigenvalue weighted by atomic mass is 16.5. The second-order valence-electron chi connectivity index (χ2n) is 5.70. The second-order valence-corrected chi connectivity index (χ2v) is 5.70. The van der Waals surface area contributed by atoms with Crippen molar-refractivity contribution in [2.75, 3.05) is 19.8 Å². The molecular weight excluding hydrogens is 324 g/mol. The fourth-order valence-electron chi connectivity index (χ4n) is 2.14. The first kappa shape index (κ1) is 20.6. The van der Waals surface area contributed by atoms with Crippen LogP contribution >= 0.6 is 0 Å². The molecule has 2 N–H and O–H groups in total. The molecule has 0 atom stereocenters. The molecule has 0 saturated heterocycles. The Labute approximate surface area is 149 Å². The summed E-state index contributed by atoms with van der Waals surface area (Å²) in [6, 6.07) is 3.14. The van der Waals surface area contributed by atoms with Gasteiger partial charge in [0.25, 0.3) is 5.91 Å². The van der Waals surface area contributed by atoms with Gasteiger partial charge in [-0.15, -0.1) is 0 Å². The third kappa shape index (κ3) is 6.52. The molecule has 2 amide bonds. The van der Waals surface area contributed by atoms with Crippen molar-refractivity contribution in [2.24, 2.45) is 5.92 Å². The smallest absolute Gasteiger partial charge is 0.269 e. The van der Waals surface area contributed by atoms with E-state index in [0.717, 1.165) is 0 Å². The van der Waals surface area contributed by atoms with Gasteiger partial charge in [-0.05, 0) is 38.8 Å². The topological polar surface area (TPSA) is 85.9 Å². The van der Waals surface area contributed by atoms with E-state index in [-0.39, 0.29) is 11.8 Å². The van der Waals surface area contributed by atoms with Crippen molar-refractivity contribution < 1.29 is 23.8 Å². The van der Waals surface area contributed by atoms with Gasteiger partial charge in [0.2, 0.25) is 11.7 Å². The molecule has 0 aliphatic carbocycles. The van der Waals surface area contributed by atoms with Crippen LogP contribution in [0.4, 0.5) is 0 Å². The Kier molecular flexibility index (Phi) is 8.60. The third-order valence-electron chi connectivity index (χ3n) is 3.08. The average Bonchev–Trinajstić information content (AvgIpc) is 2.55. The van der Waals surface area contributed by atoms with Gasteiger partial charge in [0.05, 0.1) is 19.8 Å². The molecular formula is C18H28N2O5. The Morgan fingerprint density at radius 3 is 1.88 bits per heavy atom. The van der Waals surface area contributed by atoms with Crippen molar-refractivity contribution in [3.05, 3.63) is 17.7 Å². The van der Waals surface area contributed by atoms with Crippen LogP contribution in [-0.2, 0) is 4.79 Å². The van der Waals surface area contributed by atoms with Crippen LogP contribution in [0.25, 0.3) is 0 Å². The van der Waals surface area contributed by atoms with Crippen LogP contribution in [0.1, 0.15) is 51.4 Å². The van der Waals surface area contributed by atoms with E-state index in [9.17, 15) is 9.59 Å². The summed E-state index contributed by atoms with van der Waals surface area (Å²) in [5.74, 6) is 0.817. The molecule has 0 fully saturated rings. The number of ether oxygens (including phenoxy) is 3. The molecule has 0 aliphatic heterocycles. The molecule has 1 aromatic rings. The first-order valence-electron chi connectivity index (χ1n) is 8.58. The number of carbonyl (C=O) groups excluding carboxylic acids is 2. The number of hydrogen-bond acceptors (Lipinski definition) is 5. The molecule has 1 rings (SSSR count). The van der Waals surface area contributed by atoms with E-state index in [1.807, 2.05) is 34.6 Å². The molecule has 0 bridgehead atoms. The Morgan fingerprint density at radius 2 is 1.44 bits per heavy atom. The number of benzene rings is 1. The summed E-state index contributed by atoms with van der Waals surface area (Å²) < 4.78 is 16.7. The van der Waals surface area contributed by atoms with E-state index in [1.165, 1.54) is 0 Å². The summed E-state index contributed by atoms with van der Waals surface area (Å²) in [6.45, 7) is 10.7. The molecule has 0 aromatic heterocycles. The molecule has 1 aromatic carbocycles. The zero-order chi connectivity index (χ0) is 18.8. The van der Waals surface area contributed by atoms with Gasteiger partial charge in [0, 0.05) is 12.0 Å². The fourth-order valence-corrected chi connectivity index (χ4v) is 2.14. The normalized spacial score (nSPS) is 10.3. The van der Waals surface area contributed by atoms with Crippen molar-refractivity contribution in [2.45, 2.75) is 41.0 Å². The van der Waals surface area contributed by atoms with E-state index in [0.29, 0.717) is 49.1 Å². The van der Waals surface area contributed by atoms with E-state index < -0.39 is 5.91 Å². The summed E-state index contributed by atoms with van der Waals surface area (Å²) in [5, 5.41) is 0. The maximum atomic E-state index is 12.3. The lowest BCUT2D eigenvalue weighted by atomic mass is 10.1. The summed E-state index contributed by atoms with van der Waals surface area (Å²) in [5.41, 5.74) is 5.11. The minimum absolute atomic E-state index is 0.205. The number of nitrogens with one attached hydrogen (secondary N) is 2. The Hall–Kier alpha value is -2.44. The Balaban J connectivity index is 3.01. The van der Waals surface area contributed by atoms with Gasteiger partial charge in [0.15, 0.2) is 11.5 Å². The van der Waals surface area contributed by atoms with Gasteiger partial charge < -0.3 is 14.2 Å². The first-order chi connectivity index (χ1) is 11.9. The van der Waals surface area contributed by atoms with E-state index in [1.54, 1.807) is 12.1 Å². The molecule has 0 heterocycles. The zero-order valence-corrected chi connectivity index (χ0v) is 15.6. The van der Waals surface area contributed by atoms with Crippen LogP contribution < -0.4 is 25.1 Å². The number of rotatable bonds is 9. The van der Waals surface area contributed by atoms with Gasteiger partial charge in [0.1, 0.15) is 0 Å². The number of hydrazine groups is 1. The minimum Gasteiger partial charge on any atom is -0.490 e. The summed E-state index contributed by atoms with van der Waals surface area (Å²) >= 11 is 0. The average molecular weight is 352 g/mol. The van der Waals surface area contributed by atoms with Crippen LogP contribution in [0.3, 0.4) is 0 Å². The third-order valence-corrected chi connectivity index (χ3v) is 3.08. The Bertz CT molecular complexity index is 560. The summed E-state index contributed by atoms with van der Waals surface area (Å²) in [6.07, 6.45) is 0.331. The maximum absolute atomic E-state index is 12.3. The predicted molar refractivity (Wildman–Crippen MR) is 95.0 cm³/mol. The van der Waals surface area contributed by atoms with E-state index in [4.69, 9.17) is 14.2 Å². The number of amides is 2. The lowest BCUT2D eigenvalue weighted by Crippen LogP contribution is -2.42. The molecule has 0 aliphatic rings. The largest absolute Gasteiger partial charge is 0.490 e. The first-order valence-corrected chi connectivity index (χ1v) is 8.58. The molecule has 7 nitrogen and oxygen atoms in total. The van der Waals surface area contributed by atoms with Crippen molar-refractivity contribution in [3.63, 3.8) is 0 Å². The van der Waals surface area contributed by atoms with Gasteiger partial charge in [-0.3, -0.25) is 20.4 Å². The fraction of sp³-hybridized carbons (Fsp3) is 0.556. The lowest BCUT2D eigenvalue weighted by molar-refractivity contribution is -0.122.